The summed E-state index contributed by atoms with van der Waals surface area (Å²) in [5, 5.41) is 3.71. The molecule has 1 N–H and O–H groups in total. The third-order valence-electron chi connectivity index (χ3n) is 3.87. The van der Waals surface area contributed by atoms with Gasteiger partial charge in [0.25, 0.3) is 0 Å². The van der Waals surface area contributed by atoms with Gasteiger partial charge in [-0.3, -0.25) is 0 Å². The minimum atomic E-state index is 0.602. The van der Waals surface area contributed by atoms with E-state index >= 15 is 0 Å². The van der Waals surface area contributed by atoms with Crippen molar-refractivity contribution in [2.24, 2.45) is 0 Å². The summed E-state index contributed by atoms with van der Waals surface area (Å²) >= 11 is 3.50. The van der Waals surface area contributed by atoms with Crippen LogP contribution in [0.5, 0.6) is 0 Å². The molecule has 1 aliphatic rings. The predicted octanol–water partition coefficient (Wildman–Crippen LogP) is 3.91. The normalized spacial score (nSPS) is 21.0. The Morgan fingerprint density at radius 3 is 3.10 bits per heavy atom. The van der Waals surface area contributed by atoms with E-state index in [0.717, 1.165) is 9.86 Å². The zero-order chi connectivity index (χ0) is 13.9. The molecule has 1 saturated heterocycles. The molecular formula is C15H21N3S2. The lowest BCUT2D eigenvalue weighted by atomic mass is 10.1. The van der Waals surface area contributed by atoms with Crippen molar-refractivity contribution in [3.8, 4) is 0 Å². The van der Waals surface area contributed by atoms with E-state index in [1.54, 1.807) is 23.1 Å². The van der Waals surface area contributed by atoms with Crippen molar-refractivity contribution in [1.29, 1.82) is 0 Å². The number of aromatic nitrogens is 1. The Morgan fingerprint density at radius 2 is 2.25 bits per heavy atom. The number of nitrogens with zero attached hydrogens (tertiary/aromatic N) is 2. The first-order chi connectivity index (χ1) is 9.74. The molecule has 5 heteroatoms. The van der Waals surface area contributed by atoms with Crippen molar-refractivity contribution in [1.82, 2.24) is 9.88 Å². The van der Waals surface area contributed by atoms with Crippen molar-refractivity contribution in [2.45, 2.75) is 29.6 Å². The quantitative estimate of drug-likeness (QED) is 0.870. The van der Waals surface area contributed by atoms with E-state index in [-0.39, 0.29) is 0 Å². The molecule has 0 aliphatic carbocycles. The van der Waals surface area contributed by atoms with Gasteiger partial charge in [-0.25, -0.2) is 4.98 Å². The first-order valence-electron chi connectivity index (χ1n) is 7.14. The third-order valence-corrected chi connectivity index (χ3v) is 5.87. The monoisotopic (exact) mass is 307 g/mol. The standard InChI is InChI=1S/C15H21N3S2/c1-18-8-3-4-11(7-9-18)16-12-5-6-13-14(10-12)20-15(17-13)19-2/h5-6,10-11,16H,3-4,7-9H2,1-2H3. The van der Waals surface area contributed by atoms with Gasteiger partial charge in [0.1, 0.15) is 0 Å². The van der Waals surface area contributed by atoms with E-state index in [9.17, 15) is 0 Å². The van der Waals surface area contributed by atoms with Crippen LogP contribution in [0.1, 0.15) is 19.3 Å². The second-order valence-corrected chi connectivity index (χ2v) is 7.53. The highest BCUT2D eigenvalue weighted by Gasteiger charge is 2.14. The third kappa shape index (κ3) is 3.27. The van der Waals surface area contributed by atoms with Gasteiger partial charge in [-0.1, -0.05) is 11.8 Å². The lowest BCUT2D eigenvalue weighted by Gasteiger charge is -2.18. The zero-order valence-corrected chi connectivity index (χ0v) is 13.7. The molecule has 0 bridgehead atoms. The summed E-state index contributed by atoms with van der Waals surface area (Å²) < 4.78 is 2.43. The van der Waals surface area contributed by atoms with Crippen LogP contribution >= 0.6 is 23.1 Å². The first kappa shape index (κ1) is 14.2. The van der Waals surface area contributed by atoms with E-state index in [2.05, 4.69) is 46.7 Å². The summed E-state index contributed by atoms with van der Waals surface area (Å²) in [4.78, 5) is 7.02. The summed E-state index contributed by atoms with van der Waals surface area (Å²) in [6, 6.07) is 7.16. The molecule has 1 atom stereocenters. The van der Waals surface area contributed by atoms with Gasteiger partial charge >= 0.3 is 0 Å². The topological polar surface area (TPSA) is 28.2 Å². The van der Waals surface area contributed by atoms with E-state index in [0.29, 0.717) is 6.04 Å². The molecule has 1 fully saturated rings. The van der Waals surface area contributed by atoms with Gasteiger partial charge < -0.3 is 10.2 Å². The van der Waals surface area contributed by atoms with Crippen molar-refractivity contribution in [3.05, 3.63) is 18.2 Å². The first-order valence-corrected chi connectivity index (χ1v) is 9.18. The van der Waals surface area contributed by atoms with Crippen LogP contribution in [0.2, 0.25) is 0 Å². The average molecular weight is 307 g/mol. The van der Waals surface area contributed by atoms with E-state index in [1.807, 2.05) is 0 Å². The molecule has 0 radical (unpaired) electrons. The van der Waals surface area contributed by atoms with Gasteiger partial charge in [0, 0.05) is 11.7 Å². The Bertz CT molecular complexity index is 582. The van der Waals surface area contributed by atoms with Crippen molar-refractivity contribution < 1.29 is 0 Å². The number of hydrogen-bond acceptors (Lipinski definition) is 5. The summed E-state index contributed by atoms with van der Waals surface area (Å²) in [7, 11) is 2.22. The molecule has 20 heavy (non-hydrogen) atoms. The van der Waals surface area contributed by atoms with Crippen LogP contribution < -0.4 is 5.32 Å². The smallest absolute Gasteiger partial charge is 0.150 e. The molecule has 3 rings (SSSR count). The van der Waals surface area contributed by atoms with Gasteiger partial charge in [-0.15, -0.1) is 11.3 Å². The number of thiazole rings is 1. The summed E-state index contributed by atoms with van der Waals surface area (Å²) in [6.07, 6.45) is 5.86. The number of anilines is 1. The molecule has 3 nitrogen and oxygen atoms in total. The maximum absolute atomic E-state index is 4.59. The predicted molar refractivity (Wildman–Crippen MR) is 90.2 cm³/mol. The van der Waals surface area contributed by atoms with Crippen LogP contribution in [0, 0.1) is 0 Å². The number of rotatable bonds is 3. The Balaban J connectivity index is 1.73. The van der Waals surface area contributed by atoms with Gasteiger partial charge in [0.15, 0.2) is 4.34 Å². The average Bonchev–Trinajstić information content (AvgIpc) is 2.76. The summed E-state index contributed by atoms with van der Waals surface area (Å²) in [6.45, 7) is 2.42. The van der Waals surface area contributed by atoms with Crippen LogP contribution in [0.3, 0.4) is 0 Å². The van der Waals surface area contributed by atoms with Crippen LogP contribution in [0.25, 0.3) is 10.2 Å². The van der Waals surface area contributed by atoms with Gasteiger partial charge in [-0.2, -0.15) is 0 Å². The molecule has 2 heterocycles. The lowest BCUT2D eigenvalue weighted by molar-refractivity contribution is 0.348. The number of thioether (sulfide) groups is 1. The second-order valence-electron chi connectivity index (χ2n) is 5.44. The molecule has 108 valence electrons. The Kier molecular flexibility index (Phi) is 4.48. The molecule has 0 spiro atoms. The summed E-state index contributed by atoms with van der Waals surface area (Å²) in [5.74, 6) is 0. The molecule has 0 amide bonds. The fourth-order valence-corrected chi connectivity index (χ4v) is 4.23. The van der Waals surface area contributed by atoms with Crippen molar-refractivity contribution >= 4 is 39.0 Å². The zero-order valence-electron chi connectivity index (χ0n) is 12.1. The highest BCUT2D eigenvalue weighted by molar-refractivity contribution is 8.00. The minimum Gasteiger partial charge on any atom is -0.382 e. The molecule has 2 aromatic rings. The lowest BCUT2D eigenvalue weighted by Crippen LogP contribution is -2.22. The number of nitrogens with one attached hydrogen (secondary N) is 1. The van der Waals surface area contributed by atoms with Crippen LogP contribution in [0.4, 0.5) is 5.69 Å². The van der Waals surface area contributed by atoms with E-state index < -0.39 is 0 Å². The SMILES string of the molecule is CSc1nc2ccc(NC3CCCN(C)CC3)cc2s1. The van der Waals surface area contributed by atoms with Gasteiger partial charge in [0.2, 0.25) is 0 Å². The van der Waals surface area contributed by atoms with Crippen molar-refractivity contribution in [2.75, 3.05) is 31.7 Å². The molecule has 1 aliphatic heterocycles. The fraction of sp³-hybridized carbons (Fsp3) is 0.533. The number of benzene rings is 1. The summed E-state index contributed by atoms with van der Waals surface area (Å²) in [5.41, 5.74) is 2.36. The maximum atomic E-state index is 4.59. The second kappa shape index (κ2) is 6.33. The number of fused-ring (bicyclic) bond motifs is 1. The number of likely N-dealkylation sites (tertiary alicyclic amines) is 1. The molecule has 1 unspecified atom stereocenters. The van der Waals surface area contributed by atoms with Crippen LogP contribution in [-0.4, -0.2) is 42.3 Å². The Morgan fingerprint density at radius 1 is 1.35 bits per heavy atom. The highest BCUT2D eigenvalue weighted by Crippen LogP contribution is 2.30. The Labute approximate surface area is 128 Å². The fourth-order valence-electron chi connectivity index (χ4n) is 2.70. The minimum absolute atomic E-state index is 0.602. The van der Waals surface area contributed by atoms with Gasteiger partial charge in [0.05, 0.1) is 10.2 Å². The van der Waals surface area contributed by atoms with Crippen LogP contribution in [-0.2, 0) is 0 Å². The van der Waals surface area contributed by atoms with Crippen molar-refractivity contribution in [3.63, 3.8) is 0 Å². The van der Waals surface area contributed by atoms with E-state index in [4.69, 9.17) is 0 Å². The molecule has 0 saturated carbocycles. The van der Waals surface area contributed by atoms with Crippen LogP contribution in [0.15, 0.2) is 22.5 Å². The molecular weight excluding hydrogens is 286 g/mol. The highest BCUT2D eigenvalue weighted by atomic mass is 32.2. The Hall–Kier alpha value is -0.780. The molecule has 1 aromatic heterocycles. The maximum Gasteiger partial charge on any atom is 0.150 e. The van der Waals surface area contributed by atoms with E-state index in [1.165, 1.54) is 42.7 Å². The number of hydrogen-bond donors (Lipinski definition) is 1. The van der Waals surface area contributed by atoms with Gasteiger partial charge in [-0.05, 0) is 63.9 Å². The largest absolute Gasteiger partial charge is 0.382 e. The molecule has 1 aromatic carbocycles.